The number of fused-ring (bicyclic) bond motifs is 1. The Balaban J connectivity index is 1.34. The Hall–Kier alpha value is -2.69. The number of rotatable bonds is 5. The van der Waals surface area contributed by atoms with E-state index in [9.17, 15) is 9.18 Å². The van der Waals surface area contributed by atoms with Gasteiger partial charge in [-0.3, -0.25) is 4.79 Å². The first-order chi connectivity index (χ1) is 13.2. The number of carbonyl (C=O) groups excluding carboxylic acids is 1. The molecule has 1 fully saturated rings. The number of aryl methyl sites for hydroxylation is 1. The van der Waals surface area contributed by atoms with Crippen molar-refractivity contribution in [1.82, 2.24) is 14.3 Å². The second-order valence-electron chi connectivity index (χ2n) is 7.37. The molecule has 0 spiro atoms. The lowest BCUT2D eigenvalue weighted by molar-refractivity contribution is -0.132. The minimum Gasteiger partial charge on any atom is -0.342 e. The normalized spacial score (nSPS) is 17.4. The third-order valence-corrected chi connectivity index (χ3v) is 5.45. The van der Waals surface area contributed by atoms with Crippen LogP contribution in [0, 0.1) is 11.7 Å². The monoisotopic (exact) mass is 365 g/mol. The number of nitrogens with zero attached hydrogens (tertiary/aromatic N) is 3. The SMILES string of the molecule is O=C(Cc1cnc2ccccn12)N1CCC[C@H](CCc2ccc(F)cc2)C1. The Morgan fingerprint density at radius 2 is 2.04 bits per heavy atom. The van der Waals surface area contributed by atoms with Crippen LogP contribution >= 0.6 is 0 Å². The predicted molar refractivity (Wildman–Crippen MR) is 103 cm³/mol. The van der Waals surface area contributed by atoms with Crippen LogP contribution in [-0.4, -0.2) is 33.3 Å². The molecule has 0 saturated carbocycles. The number of amides is 1. The highest BCUT2D eigenvalue weighted by Crippen LogP contribution is 2.22. The molecule has 4 rings (SSSR count). The van der Waals surface area contributed by atoms with Gasteiger partial charge in [0, 0.05) is 25.5 Å². The molecule has 0 unspecified atom stereocenters. The summed E-state index contributed by atoms with van der Waals surface area (Å²) in [5, 5.41) is 0. The van der Waals surface area contributed by atoms with Gasteiger partial charge >= 0.3 is 0 Å². The largest absolute Gasteiger partial charge is 0.342 e. The van der Waals surface area contributed by atoms with Crippen molar-refractivity contribution in [3.05, 3.63) is 71.9 Å². The topological polar surface area (TPSA) is 37.6 Å². The highest BCUT2D eigenvalue weighted by atomic mass is 19.1. The summed E-state index contributed by atoms with van der Waals surface area (Å²) in [4.78, 5) is 19.2. The van der Waals surface area contributed by atoms with Gasteiger partial charge in [0.2, 0.25) is 5.91 Å². The van der Waals surface area contributed by atoms with Crippen LogP contribution in [0.15, 0.2) is 54.9 Å². The maximum Gasteiger partial charge on any atom is 0.228 e. The Bertz CT molecular complexity index is 919. The molecule has 1 saturated heterocycles. The number of carbonyl (C=O) groups is 1. The van der Waals surface area contributed by atoms with Gasteiger partial charge in [-0.1, -0.05) is 18.2 Å². The van der Waals surface area contributed by atoms with Gasteiger partial charge in [-0.25, -0.2) is 9.37 Å². The quantitative estimate of drug-likeness (QED) is 0.688. The third kappa shape index (κ3) is 4.18. The smallest absolute Gasteiger partial charge is 0.228 e. The first-order valence-corrected chi connectivity index (χ1v) is 9.62. The highest BCUT2D eigenvalue weighted by Gasteiger charge is 2.24. The van der Waals surface area contributed by atoms with Gasteiger partial charge in [-0.05, 0) is 61.4 Å². The lowest BCUT2D eigenvalue weighted by Gasteiger charge is -2.33. The molecule has 4 nitrogen and oxygen atoms in total. The lowest BCUT2D eigenvalue weighted by atomic mass is 9.91. The molecule has 5 heteroatoms. The minimum atomic E-state index is -0.194. The number of likely N-dealkylation sites (tertiary alicyclic amines) is 1. The van der Waals surface area contributed by atoms with E-state index in [0.717, 1.165) is 55.7 Å². The standard InChI is InChI=1S/C22H24FN3O/c23-19-10-8-17(9-11-19)6-7-18-4-3-12-25(16-18)22(27)14-20-15-24-21-5-1-2-13-26(20)21/h1-2,5,8-11,13,15,18H,3-4,6-7,12,14,16H2/t18-/m1/s1. The van der Waals surface area contributed by atoms with E-state index in [2.05, 4.69) is 4.98 Å². The number of piperidine rings is 1. The summed E-state index contributed by atoms with van der Waals surface area (Å²) in [7, 11) is 0. The predicted octanol–water partition coefficient (Wildman–Crippen LogP) is 3.89. The van der Waals surface area contributed by atoms with Crippen LogP contribution in [-0.2, 0) is 17.6 Å². The van der Waals surface area contributed by atoms with Crippen molar-refractivity contribution in [2.75, 3.05) is 13.1 Å². The van der Waals surface area contributed by atoms with E-state index < -0.39 is 0 Å². The van der Waals surface area contributed by atoms with E-state index in [0.29, 0.717) is 12.3 Å². The van der Waals surface area contributed by atoms with Gasteiger partial charge in [0.1, 0.15) is 11.5 Å². The lowest BCUT2D eigenvalue weighted by Crippen LogP contribution is -2.41. The highest BCUT2D eigenvalue weighted by molar-refractivity contribution is 5.78. The number of hydrogen-bond acceptors (Lipinski definition) is 2. The van der Waals surface area contributed by atoms with Gasteiger partial charge in [-0.15, -0.1) is 0 Å². The molecule has 0 N–H and O–H groups in total. The average molecular weight is 365 g/mol. The number of halogens is 1. The Morgan fingerprint density at radius 3 is 2.89 bits per heavy atom. The second-order valence-corrected chi connectivity index (χ2v) is 7.37. The summed E-state index contributed by atoms with van der Waals surface area (Å²) in [6, 6.07) is 12.6. The number of benzene rings is 1. The van der Waals surface area contributed by atoms with Crippen molar-refractivity contribution >= 4 is 11.6 Å². The molecule has 1 aliphatic heterocycles. The minimum absolute atomic E-state index is 0.173. The molecular weight excluding hydrogens is 341 g/mol. The number of imidazole rings is 1. The molecule has 0 aliphatic carbocycles. The van der Waals surface area contributed by atoms with Crippen LogP contribution in [0.25, 0.3) is 5.65 Å². The van der Waals surface area contributed by atoms with E-state index in [1.807, 2.05) is 45.8 Å². The van der Waals surface area contributed by atoms with Crippen molar-refractivity contribution in [2.24, 2.45) is 5.92 Å². The first kappa shape index (κ1) is 17.7. The van der Waals surface area contributed by atoms with Crippen molar-refractivity contribution in [2.45, 2.75) is 32.1 Å². The molecule has 1 aliphatic rings. The van der Waals surface area contributed by atoms with Gasteiger partial charge < -0.3 is 9.30 Å². The Kier molecular flexibility index (Phi) is 5.19. The van der Waals surface area contributed by atoms with Crippen LogP contribution in [0.1, 0.15) is 30.5 Å². The van der Waals surface area contributed by atoms with Gasteiger partial charge in [0.15, 0.2) is 0 Å². The van der Waals surface area contributed by atoms with Gasteiger partial charge in [-0.2, -0.15) is 0 Å². The fraction of sp³-hybridized carbons (Fsp3) is 0.364. The van der Waals surface area contributed by atoms with Crippen molar-refractivity contribution in [3.8, 4) is 0 Å². The first-order valence-electron chi connectivity index (χ1n) is 9.62. The van der Waals surface area contributed by atoms with E-state index in [4.69, 9.17) is 0 Å². The maximum absolute atomic E-state index is 13.0. The zero-order chi connectivity index (χ0) is 18.6. The van der Waals surface area contributed by atoms with Gasteiger partial charge in [0.05, 0.1) is 12.1 Å². The molecule has 1 amide bonds. The summed E-state index contributed by atoms with van der Waals surface area (Å²) < 4.78 is 15.0. The van der Waals surface area contributed by atoms with Crippen LogP contribution < -0.4 is 0 Å². The molecule has 1 atom stereocenters. The molecule has 3 aromatic rings. The van der Waals surface area contributed by atoms with Crippen LogP contribution in [0.4, 0.5) is 4.39 Å². The molecule has 1 aromatic carbocycles. The summed E-state index contributed by atoms with van der Waals surface area (Å²) >= 11 is 0. The summed E-state index contributed by atoms with van der Waals surface area (Å²) in [5.74, 6) is 0.489. The summed E-state index contributed by atoms with van der Waals surface area (Å²) in [6.45, 7) is 1.65. The molecule has 140 valence electrons. The van der Waals surface area contributed by atoms with Crippen LogP contribution in [0.5, 0.6) is 0 Å². The van der Waals surface area contributed by atoms with Crippen LogP contribution in [0.2, 0.25) is 0 Å². The van der Waals surface area contributed by atoms with E-state index in [1.54, 1.807) is 6.20 Å². The van der Waals surface area contributed by atoms with E-state index in [1.165, 1.54) is 12.1 Å². The number of aromatic nitrogens is 2. The zero-order valence-electron chi connectivity index (χ0n) is 15.4. The number of pyridine rings is 1. The van der Waals surface area contributed by atoms with Crippen molar-refractivity contribution in [1.29, 1.82) is 0 Å². The second kappa shape index (κ2) is 7.91. The molecule has 0 radical (unpaired) electrons. The summed E-state index contributed by atoms with van der Waals surface area (Å²) in [6.07, 6.45) is 8.30. The molecule has 3 heterocycles. The molecular formula is C22H24FN3O. The molecule has 2 aromatic heterocycles. The fourth-order valence-corrected chi connectivity index (χ4v) is 3.93. The van der Waals surface area contributed by atoms with Crippen molar-refractivity contribution in [3.63, 3.8) is 0 Å². The molecule has 27 heavy (non-hydrogen) atoms. The van der Waals surface area contributed by atoms with E-state index >= 15 is 0 Å². The Labute approximate surface area is 158 Å². The van der Waals surface area contributed by atoms with Gasteiger partial charge in [0.25, 0.3) is 0 Å². The summed E-state index contributed by atoms with van der Waals surface area (Å²) in [5.41, 5.74) is 2.96. The van der Waals surface area contributed by atoms with E-state index in [-0.39, 0.29) is 11.7 Å². The van der Waals surface area contributed by atoms with Crippen molar-refractivity contribution < 1.29 is 9.18 Å². The average Bonchev–Trinajstić information content (AvgIpc) is 3.11. The third-order valence-electron chi connectivity index (χ3n) is 5.45. The maximum atomic E-state index is 13.0. The molecule has 0 bridgehead atoms. The fourth-order valence-electron chi connectivity index (χ4n) is 3.93. The Morgan fingerprint density at radius 1 is 1.19 bits per heavy atom. The number of hydrogen-bond donors (Lipinski definition) is 0. The van der Waals surface area contributed by atoms with Crippen LogP contribution in [0.3, 0.4) is 0 Å². The zero-order valence-corrected chi connectivity index (χ0v) is 15.4.